The molecule has 3 rings (SSSR count). The molecule has 2 aromatic carbocycles. The van der Waals surface area contributed by atoms with Gasteiger partial charge in [-0.15, -0.1) is 0 Å². The quantitative estimate of drug-likeness (QED) is 0.865. The van der Waals surface area contributed by atoms with Crippen molar-refractivity contribution in [2.24, 2.45) is 0 Å². The number of benzene rings is 2. The largest absolute Gasteiger partial charge is 0.506 e. The number of aromatic hydroxyl groups is 1. The number of Topliss-reactive ketones (excluding diaryl/α,β-unsaturated/α-hetero) is 1. The molecule has 0 bridgehead atoms. The molecule has 3 nitrogen and oxygen atoms in total. The second kappa shape index (κ2) is 4.53. The molecule has 0 amide bonds. The van der Waals surface area contributed by atoms with Crippen LogP contribution in [0.5, 0.6) is 11.5 Å². The second-order valence-electron chi connectivity index (χ2n) is 5.07. The van der Waals surface area contributed by atoms with Gasteiger partial charge in [-0.3, -0.25) is 4.79 Å². The normalized spacial score (nSPS) is 21.2. The Kier molecular flexibility index (Phi) is 2.94. The van der Waals surface area contributed by atoms with Crippen molar-refractivity contribution >= 4 is 17.4 Å². The molecule has 0 radical (unpaired) electrons. The molecule has 1 heterocycles. The van der Waals surface area contributed by atoms with Gasteiger partial charge in [0.1, 0.15) is 16.4 Å². The van der Waals surface area contributed by atoms with Gasteiger partial charge < -0.3 is 9.84 Å². The van der Waals surface area contributed by atoms with E-state index in [4.69, 9.17) is 16.3 Å². The molecule has 1 N–H and O–H groups in total. The number of phenols is 1. The third-order valence-corrected chi connectivity index (χ3v) is 3.95. The maximum absolute atomic E-state index is 12.3. The van der Waals surface area contributed by atoms with Crippen LogP contribution in [0.25, 0.3) is 0 Å². The molecule has 0 saturated heterocycles. The zero-order valence-corrected chi connectivity index (χ0v) is 11.6. The van der Waals surface area contributed by atoms with E-state index in [1.807, 2.05) is 37.3 Å². The van der Waals surface area contributed by atoms with E-state index in [1.165, 1.54) is 6.07 Å². The first kappa shape index (κ1) is 13.0. The first-order valence-corrected chi connectivity index (χ1v) is 6.68. The number of phenolic OH excluding ortho intramolecular Hbond substituents is 1. The molecule has 1 atom stereocenters. The molecule has 0 spiro atoms. The van der Waals surface area contributed by atoms with Crippen LogP contribution >= 0.6 is 11.6 Å². The molecular formula is C16H13ClO3. The number of ether oxygens (including phenoxy) is 1. The Morgan fingerprint density at radius 1 is 1.20 bits per heavy atom. The molecule has 0 aromatic heterocycles. The molecule has 0 fully saturated rings. The van der Waals surface area contributed by atoms with Crippen LogP contribution in [0, 0.1) is 0 Å². The van der Waals surface area contributed by atoms with Crippen molar-refractivity contribution in [3.63, 3.8) is 0 Å². The molecule has 0 aliphatic carbocycles. The van der Waals surface area contributed by atoms with Gasteiger partial charge in [-0.25, -0.2) is 0 Å². The molecule has 102 valence electrons. The summed E-state index contributed by atoms with van der Waals surface area (Å²) in [7, 11) is 0. The summed E-state index contributed by atoms with van der Waals surface area (Å²) >= 11 is 6.06. The number of hydrogen-bond donors (Lipinski definition) is 1. The Balaban J connectivity index is 2.13. The Morgan fingerprint density at radius 2 is 1.90 bits per heavy atom. The average Bonchev–Trinajstić information content (AvgIpc) is 2.44. The van der Waals surface area contributed by atoms with Crippen LogP contribution in [0.3, 0.4) is 0 Å². The highest BCUT2D eigenvalue weighted by Crippen LogP contribution is 2.45. The third kappa shape index (κ3) is 1.95. The van der Waals surface area contributed by atoms with Crippen LogP contribution in [0.15, 0.2) is 42.5 Å². The predicted octanol–water partition coefficient (Wildman–Crippen LogP) is 3.93. The number of carbonyl (C=O) groups excluding carboxylic acids is 1. The molecule has 0 saturated carbocycles. The van der Waals surface area contributed by atoms with E-state index in [0.717, 1.165) is 5.56 Å². The summed E-state index contributed by atoms with van der Waals surface area (Å²) in [5.41, 5.74) is 0.544. The number of rotatable bonds is 1. The van der Waals surface area contributed by atoms with Crippen molar-refractivity contribution in [1.29, 1.82) is 0 Å². The van der Waals surface area contributed by atoms with Crippen LogP contribution in [0.4, 0.5) is 0 Å². The Morgan fingerprint density at radius 3 is 2.60 bits per heavy atom. The van der Waals surface area contributed by atoms with E-state index in [1.54, 1.807) is 6.07 Å². The van der Waals surface area contributed by atoms with Crippen molar-refractivity contribution < 1.29 is 14.6 Å². The number of fused-ring (bicyclic) bond motifs is 1. The minimum atomic E-state index is -0.775. The van der Waals surface area contributed by atoms with Crippen LogP contribution in [0.1, 0.15) is 29.3 Å². The smallest absolute Gasteiger partial charge is 0.171 e. The lowest BCUT2D eigenvalue weighted by Gasteiger charge is -2.35. The lowest BCUT2D eigenvalue weighted by Crippen LogP contribution is -2.36. The van der Waals surface area contributed by atoms with Gasteiger partial charge >= 0.3 is 0 Å². The summed E-state index contributed by atoms with van der Waals surface area (Å²) in [6.45, 7) is 1.85. The number of carbonyl (C=O) groups is 1. The first-order valence-electron chi connectivity index (χ1n) is 6.30. The van der Waals surface area contributed by atoms with E-state index < -0.39 is 5.60 Å². The minimum Gasteiger partial charge on any atom is -0.506 e. The van der Waals surface area contributed by atoms with Crippen molar-refractivity contribution in [1.82, 2.24) is 0 Å². The summed E-state index contributed by atoms with van der Waals surface area (Å²) in [4.78, 5) is 12.3. The van der Waals surface area contributed by atoms with Crippen LogP contribution in [-0.2, 0) is 5.60 Å². The highest BCUT2D eigenvalue weighted by Gasteiger charge is 2.39. The zero-order valence-electron chi connectivity index (χ0n) is 10.9. The topological polar surface area (TPSA) is 46.5 Å². The molecule has 4 heteroatoms. The van der Waals surface area contributed by atoms with E-state index in [2.05, 4.69) is 0 Å². The highest BCUT2D eigenvalue weighted by molar-refractivity contribution is 6.34. The lowest BCUT2D eigenvalue weighted by atomic mass is 9.85. The van der Waals surface area contributed by atoms with Gasteiger partial charge in [-0.05, 0) is 24.6 Å². The Hall–Kier alpha value is -2.00. The fourth-order valence-corrected chi connectivity index (χ4v) is 2.68. The average molecular weight is 289 g/mol. The van der Waals surface area contributed by atoms with E-state index in [-0.39, 0.29) is 28.7 Å². The van der Waals surface area contributed by atoms with Crippen molar-refractivity contribution in [3.8, 4) is 11.5 Å². The fourth-order valence-electron chi connectivity index (χ4n) is 2.48. The molecule has 1 unspecified atom stereocenters. The maximum Gasteiger partial charge on any atom is 0.171 e. The maximum atomic E-state index is 12.3. The summed E-state index contributed by atoms with van der Waals surface area (Å²) in [6, 6.07) is 12.5. The van der Waals surface area contributed by atoms with Crippen LogP contribution in [0.2, 0.25) is 5.02 Å². The molecule has 20 heavy (non-hydrogen) atoms. The second-order valence-corrected chi connectivity index (χ2v) is 5.45. The molecule has 1 aliphatic heterocycles. The van der Waals surface area contributed by atoms with E-state index in [9.17, 15) is 9.90 Å². The van der Waals surface area contributed by atoms with Gasteiger partial charge in [0.05, 0.1) is 12.0 Å². The van der Waals surface area contributed by atoms with Gasteiger partial charge in [0.2, 0.25) is 0 Å². The predicted molar refractivity (Wildman–Crippen MR) is 76.5 cm³/mol. The van der Waals surface area contributed by atoms with Crippen LogP contribution in [-0.4, -0.2) is 10.9 Å². The van der Waals surface area contributed by atoms with Crippen molar-refractivity contribution in [2.75, 3.05) is 0 Å². The molecular weight excluding hydrogens is 276 g/mol. The van der Waals surface area contributed by atoms with Gasteiger partial charge in [0, 0.05) is 0 Å². The summed E-state index contributed by atoms with van der Waals surface area (Å²) in [5, 5.41) is 9.76. The number of ketones is 1. The monoisotopic (exact) mass is 288 g/mol. The van der Waals surface area contributed by atoms with Crippen LogP contribution < -0.4 is 4.74 Å². The SMILES string of the molecule is CC1(c2ccccc2)CC(=O)c2ccc(O)c(Cl)c2O1. The van der Waals surface area contributed by atoms with Gasteiger partial charge in [-0.1, -0.05) is 41.9 Å². The first-order chi connectivity index (χ1) is 9.51. The summed E-state index contributed by atoms with van der Waals surface area (Å²) in [5.74, 6) is 0.129. The van der Waals surface area contributed by atoms with Crippen molar-refractivity contribution in [3.05, 3.63) is 58.6 Å². The van der Waals surface area contributed by atoms with Gasteiger partial charge in [0.15, 0.2) is 11.5 Å². The summed E-state index contributed by atoms with van der Waals surface area (Å²) in [6.07, 6.45) is 0.241. The van der Waals surface area contributed by atoms with E-state index in [0.29, 0.717) is 5.56 Å². The summed E-state index contributed by atoms with van der Waals surface area (Å²) < 4.78 is 5.97. The van der Waals surface area contributed by atoms with E-state index >= 15 is 0 Å². The fraction of sp³-hybridized carbons (Fsp3) is 0.188. The number of hydrogen-bond acceptors (Lipinski definition) is 3. The highest BCUT2D eigenvalue weighted by atomic mass is 35.5. The third-order valence-electron chi connectivity index (χ3n) is 3.59. The van der Waals surface area contributed by atoms with Gasteiger partial charge in [0.25, 0.3) is 0 Å². The molecule has 2 aromatic rings. The minimum absolute atomic E-state index is 0.0421. The molecule has 1 aliphatic rings. The number of halogens is 1. The Bertz CT molecular complexity index is 682. The standard InChI is InChI=1S/C16H13ClO3/c1-16(10-5-3-2-4-6-10)9-13(19)11-7-8-12(18)14(17)15(11)20-16/h2-8,18H,9H2,1H3. The van der Waals surface area contributed by atoms with Gasteiger partial charge in [-0.2, -0.15) is 0 Å². The van der Waals surface area contributed by atoms with Crippen molar-refractivity contribution in [2.45, 2.75) is 18.9 Å². The Labute approximate surface area is 121 Å². The zero-order chi connectivity index (χ0) is 14.3. The lowest BCUT2D eigenvalue weighted by molar-refractivity contribution is 0.0503.